The molecular weight excluding hydrogens is 430 g/mol. The standard InChI is InChI=1S/C20H21ClF2N6O2/c1-19(10-30-11-19)12-31-18-24-16(28-7-6-20(22,23)9-28)15-17(25-18)29(27-26-15)8-13-4-2-3-5-14(13)21/h2-5H,6-12H2,1H3. The van der Waals surface area contributed by atoms with Crippen molar-refractivity contribution in [2.45, 2.75) is 25.8 Å². The van der Waals surface area contributed by atoms with Gasteiger partial charge in [-0.3, -0.25) is 0 Å². The van der Waals surface area contributed by atoms with Gasteiger partial charge in [-0.2, -0.15) is 9.97 Å². The average Bonchev–Trinajstić information content (AvgIpc) is 3.29. The molecule has 2 aliphatic heterocycles. The zero-order valence-corrected chi connectivity index (χ0v) is 17.6. The minimum absolute atomic E-state index is 0.105. The molecule has 0 unspecified atom stereocenters. The Morgan fingerprint density at radius 1 is 1.23 bits per heavy atom. The molecule has 31 heavy (non-hydrogen) atoms. The number of rotatable bonds is 6. The van der Waals surface area contributed by atoms with Crippen LogP contribution in [0.1, 0.15) is 18.9 Å². The number of aromatic nitrogens is 5. The second-order valence-corrected chi connectivity index (χ2v) is 8.87. The van der Waals surface area contributed by atoms with Gasteiger partial charge in [0.1, 0.15) is 6.61 Å². The number of nitrogens with zero attached hydrogens (tertiary/aromatic N) is 6. The topological polar surface area (TPSA) is 78.2 Å². The van der Waals surface area contributed by atoms with Gasteiger partial charge in [0.25, 0.3) is 5.92 Å². The number of ether oxygens (including phenoxy) is 2. The largest absolute Gasteiger partial charge is 0.463 e. The van der Waals surface area contributed by atoms with Gasteiger partial charge < -0.3 is 14.4 Å². The van der Waals surface area contributed by atoms with Crippen molar-refractivity contribution in [3.05, 3.63) is 34.9 Å². The normalized spacial score (nSPS) is 19.5. The molecule has 0 aliphatic carbocycles. The first kappa shape index (κ1) is 20.3. The fraction of sp³-hybridized carbons (Fsp3) is 0.500. The highest BCUT2D eigenvalue weighted by molar-refractivity contribution is 6.31. The van der Waals surface area contributed by atoms with E-state index in [1.165, 1.54) is 4.90 Å². The Morgan fingerprint density at radius 3 is 2.71 bits per heavy atom. The molecule has 11 heteroatoms. The van der Waals surface area contributed by atoms with Crippen LogP contribution in [0.15, 0.2) is 24.3 Å². The SMILES string of the molecule is CC1(COc2nc(N3CCC(F)(F)C3)c3nnn(Cc4ccccc4Cl)c3n2)COC1. The van der Waals surface area contributed by atoms with Crippen LogP contribution < -0.4 is 9.64 Å². The Bertz CT molecular complexity index is 1120. The van der Waals surface area contributed by atoms with Crippen LogP contribution in [0.2, 0.25) is 5.02 Å². The van der Waals surface area contributed by atoms with Crippen molar-refractivity contribution in [3.8, 4) is 6.01 Å². The maximum absolute atomic E-state index is 13.9. The van der Waals surface area contributed by atoms with E-state index >= 15 is 0 Å². The maximum atomic E-state index is 13.9. The zero-order chi connectivity index (χ0) is 21.6. The van der Waals surface area contributed by atoms with Crippen LogP contribution in [0, 0.1) is 5.41 Å². The lowest BCUT2D eigenvalue weighted by molar-refractivity contribution is -0.121. The molecule has 2 aliphatic rings. The molecule has 2 fully saturated rings. The van der Waals surface area contributed by atoms with Gasteiger partial charge in [0.2, 0.25) is 0 Å². The highest BCUT2D eigenvalue weighted by Gasteiger charge is 2.40. The summed E-state index contributed by atoms with van der Waals surface area (Å²) >= 11 is 6.29. The predicted octanol–water partition coefficient (Wildman–Crippen LogP) is 3.18. The van der Waals surface area contributed by atoms with Crippen LogP contribution in [-0.2, 0) is 11.3 Å². The summed E-state index contributed by atoms with van der Waals surface area (Å²) in [5, 5.41) is 8.98. The van der Waals surface area contributed by atoms with Gasteiger partial charge in [-0.1, -0.05) is 41.9 Å². The van der Waals surface area contributed by atoms with Gasteiger partial charge in [-0.25, -0.2) is 13.5 Å². The number of alkyl halides is 2. The monoisotopic (exact) mass is 450 g/mol. The molecule has 2 saturated heterocycles. The Labute approximate surface area is 182 Å². The Kier molecular flexibility index (Phi) is 4.93. The van der Waals surface area contributed by atoms with Crippen molar-refractivity contribution >= 4 is 28.6 Å². The molecule has 2 aromatic heterocycles. The first-order valence-electron chi connectivity index (χ1n) is 10.00. The summed E-state index contributed by atoms with van der Waals surface area (Å²) in [6, 6.07) is 7.50. The highest BCUT2D eigenvalue weighted by atomic mass is 35.5. The van der Waals surface area contributed by atoms with E-state index in [0.717, 1.165) is 5.56 Å². The van der Waals surface area contributed by atoms with Crippen LogP contribution in [0.3, 0.4) is 0 Å². The van der Waals surface area contributed by atoms with Crippen LogP contribution in [0.25, 0.3) is 11.2 Å². The lowest BCUT2D eigenvalue weighted by atomic mass is 9.90. The number of hydrogen-bond acceptors (Lipinski definition) is 7. The third-order valence-electron chi connectivity index (χ3n) is 5.52. The van der Waals surface area contributed by atoms with Crippen molar-refractivity contribution in [2.75, 3.05) is 37.8 Å². The lowest BCUT2D eigenvalue weighted by Crippen LogP contribution is -2.44. The number of fused-ring (bicyclic) bond motifs is 1. The van der Waals surface area contributed by atoms with Crippen molar-refractivity contribution in [1.29, 1.82) is 0 Å². The van der Waals surface area contributed by atoms with E-state index in [4.69, 9.17) is 21.1 Å². The molecule has 3 aromatic rings. The summed E-state index contributed by atoms with van der Waals surface area (Å²) in [7, 11) is 0. The summed E-state index contributed by atoms with van der Waals surface area (Å²) in [4.78, 5) is 10.4. The van der Waals surface area contributed by atoms with E-state index in [1.54, 1.807) is 10.7 Å². The Morgan fingerprint density at radius 2 is 2.03 bits per heavy atom. The van der Waals surface area contributed by atoms with Crippen LogP contribution in [0.5, 0.6) is 6.01 Å². The number of anilines is 1. The molecule has 164 valence electrons. The van der Waals surface area contributed by atoms with Gasteiger partial charge in [0.05, 0.1) is 26.3 Å². The summed E-state index contributed by atoms with van der Waals surface area (Å²) in [6.07, 6.45) is -0.238. The van der Waals surface area contributed by atoms with E-state index < -0.39 is 12.5 Å². The molecule has 0 atom stereocenters. The summed E-state index contributed by atoms with van der Waals surface area (Å²) < 4.78 is 40.5. The molecule has 0 spiro atoms. The minimum atomic E-state index is -2.78. The third-order valence-corrected chi connectivity index (χ3v) is 5.89. The fourth-order valence-corrected chi connectivity index (χ4v) is 3.89. The molecule has 0 radical (unpaired) electrons. The molecule has 0 amide bonds. The first-order chi connectivity index (χ1) is 14.8. The molecule has 4 heterocycles. The first-order valence-corrected chi connectivity index (χ1v) is 10.4. The van der Waals surface area contributed by atoms with E-state index in [9.17, 15) is 8.78 Å². The van der Waals surface area contributed by atoms with E-state index in [0.29, 0.717) is 48.4 Å². The lowest BCUT2D eigenvalue weighted by Gasteiger charge is -2.37. The van der Waals surface area contributed by atoms with Crippen LogP contribution in [0.4, 0.5) is 14.6 Å². The molecule has 8 nitrogen and oxygen atoms in total. The average molecular weight is 451 g/mol. The van der Waals surface area contributed by atoms with Crippen molar-refractivity contribution in [1.82, 2.24) is 25.0 Å². The highest BCUT2D eigenvalue weighted by Crippen LogP contribution is 2.34. The molecule has 0 saturated carbocycles. The second-order valence-electron chi connectivity index (χ2n) is 8.46. The second kappa shape index (κ2) is 7.52. The quantitative estimate of drug-likeness (QED) is 0.570. The number of hydrogen-bond donors (Lipinski definition) is 0. The number of halogens is 3. The fourth-order valence-electron chi connectivity index (χ4n) is 3.69. The summed E-state index contributed by atoms with van der Waals surface area (Å²) in [6.45, 7) is 3.65. The van der Waals surface area contributed by atoms with Crippen molar-refractivity contribution in [3.63, 3.8) is 0 Å². The molecule has 0 N–H and O–H groups in total. The molecule has 0 bridgehead atoms. The predicted molar refractivity (Wildman–Crippen MR) is 110 cm³/mol. The summed E-state index contributed by atoms with van der Waals surface area (Å²) in [5.74, 6) is -2.47. The van der Waals surface area contributed by atoms with Gasteiger partial charge in [-0.05, 0) is 11.6 Å². The molecule has 5 rings (SSSR count). The smallest absolute Gasteiger partial charge is 0.320 e. The van der Waals surface area contributed by atoms with Crippen molar-refractivity contribution in [2.24, 2.45) is 5.41 Å². The molecular formula is C20H21ClF2N6O2. The van der Waals surface area contributed by atoms with E-state index in [-0.39, 0.29) is 24.4 Å². The van der Waals surface area contributed by atoms with Gasteiger partial charge >= 0.3 is 6.01 Å². The minimum Gasteiger partial charge on any atom is -0.463 e. The van der Waals surface area contributed by atoms with Gasteiger partial charge in [0, 0.05) is 23.4 Å². The molecule has 1 aromatic carbocycles. The van der Waals surface area contributed by atoms with E-state index in [2.05, 4.69) is 20.3 Å². The van der Waals surface area contributed by atoms with Crippen LogP contribution >= 0.6 is 11.6 Å². The number of benzene rings is 1. The Hall–Kier alpha value is -2.59. The van der Waals surface area contributed by atoms with Crippen LogP contribution in [-0.4, -0.2) is 63.8 Å². The maximum Gasteiger partial charge on any atom is 0.320 e. The summed E-state index contributed by atoms with van der Waals surface area (Å²) in [5.41, 5.74) is 1.49. The van der Waals surface area contributed by atoms with Crippen molar-refractivity contribution < 1.29 is 18.3 Å². The third kappa shape index (κ3) is 4.01. The zero-order valence-electron chi connectivity index (χ0n) is 16.9. The Balaban J connectivity index is 1.52. The van der Waals surface area contributed by atoms with E-state index in [1.807, 2.05) is 25.1 Å². The van der Waals surface area contributed by atoms with Gasteiger partial charge in [-0.15, -0.1) is 5.10 Å². The van der Waals surface area contributed by atoms with Gasteiger partial charge in [0.15, 0.2) is 17.0 Å².